The van der Waals surface area contributed by atoms with E-state index in [1.165, 1.54) is 30.4 Å². The number of rotatable bonds is 8. The fourth-order valence-corrected chi connectivity index (χ4v) is 4.16. The summed E-state index contributed by atoms with van der Waals surface area (Å²) in [5.74, 6) is 1.70. The van der Waals surface area contributed by atoms with Crippen LogP contribution < -0.4 is 10.3 Å². The van der Waals surface area contributed by atoms with Gasteiger partial charge < -0.3 is 9.72 Å². The molecule has 3 aromatic rings. The molecule has 1 N–H and O–H groups in total. The lowest BCUT2D eigenvalue weighted by molar-refractivity contribution is 0.172. The largest absolute Gasteiger partial charge is 0.489 e. The van der Waals surface area contributed by atoms with E-state index < -0.39 is 0 Å². The van der Waals surface area contributed by atoms with Gasteiger partial charge in [-0.3, -0.25) is 9.69 Å². The van der Waals surface area contributed by atoms with Crippen molar-refractivity contribution in [1.29, 1.82) is 0 Å². The van der Waals surface area contributed by atoms with Gasteiger partial charge in [0, 0.05) is 18.3 Å². The number of nitrogens with zero attached hydrogens (tertiary/aromatic N) is 1. The van der Waals surface area contributed by atoms with Crippen LogP contribution in [0.4, 0.5) is 0 Å². The second-order valence-electron chi connectivity index (χ2n) is 8.20. The number of piperidine rings is 1. The monoisotopic (exact) mass is 402 g/mol. The first-order valence-corrected chi connectivity index (χ1v) is 10.9. The second kappa shape index (κ2) is 10.3. The van der Waals surface area contributed by atoms with Crippen LogP contribution in [0, 0.1) is 5.92 Å². The standard InChI is InChI=1S/C26H30N2O2/c29-26-24(9-5-15-27-26)19-28-16-13-21(14-17-28)11-12-22-8-4-10-25(18-22)30-20-23-6-2-1-3-7-23/h1-10,15,18,21H,11-14,16-17,19-20H2,(H,27,29). The molecular formula is C26H30N2O2. The van der Waals surface area contributed by atoms with E-state index in [1.807, 2.05) is 36.4 Å². The summed E-state index contributed by atoms with van der Waals surface area (Å²) in [5.41, 5.74) is 3.43. The third kappa shape index (κ3) is 5.83. The molecule has 0 bridgehead atoms. The van der Waals surface area contributed by atoms with Gasteiger partial charge in [0.05, 0.1) is 0 Å². The van der Waals surface area contributed by atoms with E-state index in [0.29, 0.717) is 6.61 Å². The Morgan fingerprint density at radius 1 is 0.933 bits per heavy atom. The summed E-state index contributed by atoms with van der Waals surface area (Å²) < 4.78 is 5.97. The van der Waals surface area contributed by atoms with Gasteiger partial charge in [0.15, 0.2) is 0 Å². The van der Waals surface area contributed by atoms with Crippen LogP contribution in [0.2, 0.25) is 0 Å². The van der Waals surface area contributed by atoms with Crippen LogP contribution in [-0.2, 0) is 19.6 Å². The van der Waals surface area contributed by atoms with Crippen LogP contribution in [0.5, 0.6) is 5.75 Å². The number of hydrogen-bond acceptors (Lipinski definition) is 3. The van der Waals surface area contributed by atoms with E-state index in [0.717, 1.165) is 43.3 Å². The van der Waals surface area contributed by atoms with Crippen molar-refractivity contribution in [2.75, 3.05) is 13.1 Å². The van der Waals surface area contributed by atoms with Crippen LogP contribution in [0.15, 0.2) is 77.7 Å². The fourth-order valence-electron chi connectivity index (χ4n) is 4.16. The van der Waals surface area contributed by atoms with Gasteiger partial charge in [-0.1, -0.05) is 48.5 Å². The molecule has 156 valence electrons. The van der Waals surface area contributed by atoms with E-state index in [9.17, 15) is 4.79 Å². The van der Waals surface area contributed by atoms with Gasteiger partial charge in [0.2, 0.25) is 0 Å². The van der Waals surface area contributed by atoms with Crippen molar-refractivity contribution in [3.05, 3.63) is 100.0 Å². The van der Waals surface area contributed by atoms with E-state index >= 15 is 0 Å². The zero-order valence-electron chi connectivity index (χ0n) is 17.4. The van der Waals surface area contributed by atoms with Crippen molar-refractivity contribution in [3.8, 4) is 5.75 Å². The normalized spacial score (nSPS) is 15.2. The molecule has 0 saturated carbocycles. The Balaban J connectivity index is 1.22. The molecule has 4 rings (SSSR count). The number of benzene rings is 2. The molecule has 0 amide bonds. The quantitative estimate of drug-likeness (QED) is 0.589. The smallest absolute Gasteiger partial charge is 0.252 e. The number of pyridine rings is 1. The van der Waals surface area contributed by atoms with Crippen molar-refractivity contribution in [3.63, 3.8) is 0 Å². The first-order valence-electron chi connectivity index (χ1n) is 10.9. The number of aryl methyl sites for hydroxylation is 1. The van der Waals surface area contributed by atoms with Gasteiger partial charge in [-0.25, -0.2) is 0 Å². The molecule has 4 heteroatoms. The number of ether oxygens (including phenoxy) is 1. The minimum Gasteiger partial charge on any atom is -0.489 e. The van der Waals surface area contributed by atoms with Crippen molar-refractivity contribution < 1.29 is 4.74 Å². The minimum absolute atomic E-state index is 0.0361. The molecule has 0 spiro atoms. The first-order chi connectivity index (χ1) is 14.8. The van der Waals surface area contributed by atoms with Crippen molar-refractivity contribution in [1.82, 2.24) is 9.88 Å². The third-order valence-corrected chi connectivity index (χ3v) is 5.99. The van der Waals surface area contributed by atoms with Gasteiger partial charge >= 0.3 is 0 Å². The second-order valence-corrected chi connectivity index (χ2v) is 8.20. The van der Waals surface area contributed by atoms with Crippen molar-refractivity contribution in [2.45, 2.75) is 38.8 Å². The van der Waals surface area contributed by atoms with E-state index in [4.69, 9.17) is 4.74 Å². The lowest BCUT2D eigenvalue weighted by Gasteiger charge is -2.31. The molecule has 1 aliphatic heterocycles. The Kier molecular flexibility index (Phi) is 6.99. The van der Waals surface area contributed by atoms with E-state index in [-0.39, 0.29) is 5.56 Å². The number of H-pyrrole nitrogens is 1. The summed E-state index contributed by atoms with van der Waals surface area (Å²) in [6, 6.07) is 22.6. The number of nitrogens with one attached hydrogen (secondary N) is 1. The summed E-state index contributed by atoms with van der Waals surface area (Å²) in [6.07, 6.45) is 6.40. The summed E-state index contributed by atoms with van der Waals surface area (Å²) in [7, 11) is 0. The molecular weight excluding hydrogens is 372 g/mol. The molecule has 2 aromatic carbocycles. The van der Waals surface area contributed by atoms with E-state index in [2.05, 4.69) is 40.2 Å². The van der Waals surface area contributed by atoms with Gasteiger partial charge in [-0.15, -0.1) is 0 Å². The number of aromatic nitrogens is 1. The van der Waals surface area contributed by atoms with Crippen LogP contribution in [0.3, 0.4) is 0 Å². The molecule has 1 fully saturated rings. The van der Waals surface area contributed by atoms with Gasteiger partial charge in [0.1, 0.15) is 12.4 Å². The molecule has 1 saturated heterocycles. The molecule has 30 heavy (non-hydrogen) atoms. The predicted molar refractivity (Wildman–Crippen MR) is 121 cm³/mol. The van der Waals surface area contributed by atoms with Crippen LogP contribution >= 0.6 is 0 Å². The molecule has 1 aliphatic rings. The Labute approximate surface area is 178 Å². The molecule has 0 aliphatic carbocycles. The third-order valence-electron chi connectivity index (χ3n) is 5.99. The average molecular weight is 403 g/mol. The zero-order valence-corrected chi connectivity index (χ0v) is 17.4. The van der Waals surface area contributed by atoms with Crippen LogP contribution in [0.25, 0.3) is 0 Å². The lowest BCUT2D eigenvalue weighted by Crippen LogP contribution is -2.34. The first kappa shape index (κ1) is 20.4. The zero-order chi connectivity index (χ0) is 20.6. The fraction of sp³-hybridized carbons (Fsp3) is 0.346. The van der Waals surface area contributed by atoms with Gasteiger partial charge in [-0.05, 0) is 74.0 Å². The topological polar surface area (TPSA) is 45.3 Å². The highest BCUT2D eigenvalue weighted by molar-refractivity contribution is 5.29. The molecule has 1 aromatic heterocycles. The van der Waals surface area contributed by atoms with Gasteiger partial charge in [0.25, 0.3) is 5.56 Å². The molecule has 4 nitrogen and oxygen atoms in total. The maximum atomic E-state index is 11.9. The number of hydrogen-bond donors (Lipinski definition) is 1. The van der Waals surface area contributed by atoms with Gasteiger partial charge in [-0.2, -0.15) is 0 Å². The summed E-state index contributed by atoms with van der Waals surface area (Å²) in [4.78, 5) is 17.0. The Bertz CT molecular complexity index is 975. The Hall–Kier alpha value is -2.85. The maximum absolute atomic E-state index is 11.9. The average Bonchev–Trinajstić information content (AvgIpc) is 2.80. The highest BCUT2D eigenvalue weighted by Crippen LogP contribution is 2.24. The van der Waals surface area contributed by atoms with Crippen LogP contribution in [0.1, 0.15) is 36.0 Å². The lowest BCUT2D eigenvalue weighted by atomic mass is 9.90. The highest BCUT2D eigenvalue weighted by Gasteiger charge is 2.19. The summed E-state index contributed by atoms with van der Waals surface area (Å²) in [5, 5.41) is 0. The molecule has 0 unspecified atom stereocenters. The van der Waals surface area contributed by atoms with Crippen molar-refractivity contribution in [2.24, 2.45) is 5.92 Å². The Morgan fingerprint density at radius 2 is 1.73 bits per heavy atom. The minimum atomic E-state index is 0.0361. The number of aromatic amines is 1. The Morgan fingerprint density at radius 3 is 2.53 bits per heavy atom. The van der Waals surface area contributed by atoms with E-state index in [1.54, 1.807) is 6.20 Å². The number of likely N-dealkylation sites (tertiary alicyclic amines) is 1. The SMILES string of the molecule is O=c1[nH]cccc1CN1CCC(CCc2cccc(OCc3ccccc3)c2)CC1. The molecule has 2 heterocycles. The molecule has 0 atom stereocenters. The molecule has 0 radical (unpaired) electrons. The highest BCUT2D eigenvalue weighted by atomic mass is 16.5. The summed E-state index contributed by atoms with van der Waals surface area (Å²) >= 11 is 0. The van der Waals surface area contributed by atoms with Crippen LogP contribution in [-0.4, -0.2) is 23.0 Å². The van der Waals surface area contributed by atoms with Crippen molar-refractivity contribution >= 4 is 0 Å². The predicted octanol–water partition coefficient (Wildman–Crippen LogP) is 4.80. The summed E-state index contributed by atoms with van der Waals surface area (Å²) in [6.45, 7) is 3.50. The maximum Gasteiger partial charge on any atom is 0.252 e.